The number of hydrogen-bond donors (Lipinski definition) is 1. The summed E-state index contributed by atoms with van der Waals surface area (Å²) >= 11 is 1.19. The van der Waals surface area contributed by atoms with Gasteiger partial charge in [0.1, 0.15) is 22.3 Å². The van der Waals surface area contributed by atoms with Crippen molar-refractivity contribution < 1.29 is 22.5 Å². The number of ether oxygens (including phenoxy) is 1. The molecular formula is C22H25N3O5S2. The summed E-state index contributed by atoms with van der Waals surface area (Å²) in [7, 11) is -3.51. The van der Waals surface area contributed by atoms with Crippen molar-refractivity contribution >= 4 is 27.3 Å². The van der Waals surface area contributed by atoms with Crippen molar-refractivity contribution in [1.29, 1.82) is 0 Å². The zero-order valence-electron chi connectivity index (χ0n) is 17.9. The summed E-state index contributed by atoms with van der Waals surface area (Å²) < 4.78 is 38.9. The molecule has 10 heteroatoms. The van der Waals surface area contributed by atoms with E-state index in [0.717, 1.165) is 11.3 Å². The number of piperidine rings is 1. The Balaban J connectivity index is 1.34. The molecule has 0 radical (unpaired) electrons. The number of thiophene rings is 1. The van der Waals surface area contributed by atoms with E-state index >= 15 is 0 Å². The summed E-state index contributed by atoms with van der Waals surface area (Å²) in [6, 6.07) is 10.2. The minimum absolute atomic E-state index is 0.0904. The molecule has 8 nitrogen and oxygen atoms in total. The van der Waals surface area contributed by atoms with Crippen LogP contribution in [0.5, 0.6) is 5.75 Å². The van der Waals surface area contributed by atoms with Crippen molar-refractivity contribution in [2.24, 2.45) is 0 Å². The molecule has 0 saturated carbocycles. The van der Waals surface area contributed by atoms with Gasteiger partial charge in [0.25, 0.3) is 5.91 Å². The molecule has 170 valence electrons. The quantitative estimate of drug-likeness (QED) is 0.561. The van der Waals surface area contributed by atoms with E-state index in [0.29, 0.717) is 53.8 Å². The number of amides is 1. The largest absolute Gasteiger partial charge is 0.489 e. The van der Waals surface area contributed by atoms with E-state index in [4.69, 9.17) is 9.26 Å². The molecule has 2 aromatic heterocycles. The van der Waals surface area contributed by atoms with Crippen molar-refractivity contribution in [2.75, 3.05) is 13.1 Å². The summed E-state index contributed by atoms with van der Waals surface area (Å²) in [4.78, 5) is 14.7. The Morgan fingerprint density at radius 3 is 2.69 bits per heavy atom. The Kier molecular flexibility index (Phi) is 6.63. The van der Waals surface area contributed by atoms with Gasteiger partial charge in [0.2, 0.25) is 10.0 Å². The first kappa shape index (κ1) is 22.5. The number of likely N-dealkylation sites (tertiary alicyclic amines) is 1. The van der Waals surface area contributed by atoms with Crippen LogP contribution in [0.4, 0.5) is 0 Å². The van der Waals surface area contributed by atoms with Crippen LogP contribution in [0, 0.1) is 13.8 Å². The molecule has 32 heavy (non-hydrogen) atoms. The topological polar surface area (TPSA) is 102 Å². The van der Waals surface area contributed by atoms with E-state index in [9.17, 15) is 13.2 Å². The van der Waals surface area contributed by atoms with E-state index < -0.39 is 10.0 Å². The molecule has 1 aromatic carbocycles. The second kappa shape index (κ2) is 9.43. The van der Waals surface area contributed by atoms with Gasteiger partial charge in [0, 0.05) is 24.7 Å². The highest BCUT2D eigenvalue weighted by molar-refractivity contribution is 7.91. The van der Waals surface area contributed by atoms with Crippen molar-refractivity contribution in [2.45, 2.75) is 43.5 Å². The maximum absolute atomic E-state index is 13.0. The van der Waals surface area contributed by atoms with Crippen LogP contribution in [-0.4, -0.2) is 43.5 Å². The van der Waals surface area contributed by atoms with Gasteiger partial charge in [-0.25, -0.2) is 13.1 Å². The lowest BCUT2D eigenvalue weighted by Crippen LogP contribution is -2.46. The predicted molar refractivity (Wildman–Crippen MR) is 120 cm³/mol. The van der Waals surface area contributed by atoms with Crippen LogP contribution in [0.15, 0.2) is 50.5 Å². The average Bonchev–Trinajstić information content (AvgIpc) is 3.44. The molecule has 0 unspecified atom stereocenters. The number of aryl methyl sites for hydroxylation is 2. The molecule has 0 spiro atoms. The summed E-state index contributed by atoms with van der Waals surface area (Å²) in [6.45, 7) is 4.98. The third-order valence-electron chi connectivity index (χ3n) is 5.51. The summed E-state index contributed by atoms with van der Waals surface area (Å²) in [5.74, 6) is 1.22. The molecule has 0 atom stereocenters. The highest BCUT2D eigenvalue weighted by Gasteiger charge is 2.27. The molecule has 3 aromatic rings. The lowest BCUT2D eigenvalue weighted by atomic mass is 10.0. The third-order valence-corrected chi connectivity index (χ3v) is 8.43. The third kappa shape index (κ3) is 5.03. The van der Waals surface area contributed by atoms with Crippen LogP contribution in [0.2, 0.25) is 0 Å². The lowest BCUT2D eigenvalue weighted by molar-refractivity contribution is 0.0711. The molecule has 1 N–H and O–H groups in total. The zero-order chi connectivity index (χ0) is 22.7. The van der Waals surface area contributed by atoms with Crippen LogP contribution in [0.25, 0.3) is 0 Å². The molecule has 1 aliphatic heterocycles. The monoisotopic (exact) mass is 475 g/mol. The van der Waals surface area contributed by atoms with Gasteiger partial charge in [0.15, 0.2) is 0 Å². The summed E-state index contributed by atoms with van der Waals surface area (Å²) in [6.07, 6.45) is 1.14. The molecule has 1 amide bonds. The van der Waals surface area contributed by atoms with E-state index in [1.807, 2.05) is 13.8 Å². The summed E-state index contributed by atoms with van der Waals surface area (Å²) in [5.41, 5.74) is 2.22. The Morgan fingerprint density at radius 1 is 1.25 bits per heavy atom. The molecule has 4 rings (SSSR count). The van der Waals surface area contributed by atoms with E-state index in [-0.39, 0.29) is 11.9 Å². The minimum atomic E-state index is -3.51. The maximum Gasteiger partial charge on any atom is 0.253 e. The molecule has 0 bridgehead atoms. The van der Waals surface area contributed by atoms with Crippen LogP contribution < -0.4 is 9.46 Å². The number of sulfonamides is 1. The van der Waals surface area contributed by atoms with Crippen molar-refractivity contribution in [3.05, 3.63) is 64.4 Å². The molecule has 0 aliphatic carbocycles. The highest BCUT2D eigenvalue weighted by Crippen LogP contribution is 2.22. The molecular weight excluding hydrogens is 450 g/mol. The normalized spacial score (nSPS) is 15.1. The van der Waals surface area contributed by atoms with E-state index in [2.05, 4.69) is 9.88 Å². The number of nitrogens with one attached hydrogen (secondary N) is 1. The van der Waals surface area contributed by atoms with Crippen LogP contribution in [0.1, 0.15) is 40.2 Å². The Bertz CT molecular complexity index is 1160. The first-order valence-corrected chi connectivity index (χ1v) is 12.7. The van der Waals surface area contributed by atoms with Gasteiger partial charge in [-0.15, -0.1) is 11.3 Å². The second-order valence-corrected chi connectivity index (χ2v) is 10.6. The standard InChI is InChI=1S/C22H25N3O5S2/c1-15-20(16(2)30-23-15)14-29-19-6-3-5-17(13-19)22(26)25-10-8-18(9-11-25)24-32(27,28)21-7-4-12-31-21/h3-7,12-13,18,24H,8-11,14H2,1-2H3. The van der Waals surface area contributed by atoms with Gasteiger partial charge in [-0.1, -0.05) is 17.3 Å². The number of nitrogens with zero attached hydrogens (tertiary/aromatic N) is 2. The summed E-state index contributed by atoms with van der Waals surface area (Å²) in [5, 5.41) is 5.66. The van der Waals surface area contributed by atoms with Crippen molar-refractivity contribution in [1.82, 2.24) is 14.8 Å². The molecule has 1 saturated heterocycles. The van der Waals surface area contributed by atoms with Crippen LogP contribution in [-0.2, 0) is 16.6 Å². The maximum atomic E-state index is 13.0. The minimum Gasteiger partial charge on any atom is -0.489 e. The second-order valence-electron chi connectivity index (χ2n) is 7.74. The van der Waals surface area contributed by atoms with Crippen LogP contribution in [0.3, 0.4) is 0 Å². The Morgan fingerprint density at radius 2 is 2.03 bits per heavy atom. The smallest absolute Gasteiger partial charge is 0.253 e. The van der Waals surface area contributed by atoms with Gasteiger partial charge in [-0.05, 0) is 56.3 Å². The van der Waals surface area contributed by atoms with E-state index in [1.54, 1.807) is 46.7 Å². The van der Waals surface area contributed by atoms with Gasteiger partial charge in [-0.3, -0.25) is 4.79 Å². The first-order valence-electron chi connectivity index (χ1n) is 10.3. The first-order chi connectivity index (χ1) is 15.3. The fourth-order valence-electron chi connectivity index (χ4n) is 3.66. The van der Waals surface area contributed by atoms with Gasteiger partial charge >= 0.3 is 0 Å². The number of carbonyl (C=O) groups is 1. The number of rotatable bonds is 7. The predicted octanol–water partition coefficient (Wildman–Crippen LogP) is 3.52. The molecule has 3 heterocycles. The number of carbonyl (C=O) groups excluding carboxylic acids is 1. The number of aromatic nitrogens is 1. The van der Waals surface area contributed by atoms with Crippen molar-refractivity contribution in [3.8, 4) is 5.75 Å². The van der Waals surface area contributed by atoms with Gasteiger partial charge in [0.05, 0.1) is 11.3 Å². The van der Waals surface area contributed by atoms with Gasteiger partial charge < -0.3 is 14.2 Å². The van der Waals surface area contributed by atoms with Gasteiger partial charge in [-0.2, -0.15) is 0 Å². The fourth-order valence-corrected chi connectivity index (χ4v) is 5.97. The number of hydrogen-bond acceptors (Lipinski definition) is 7. The Hall–Kier alpha value is -2.69. The highest BCUT2D eigenvalue weighted by atomic mass is 32.2. The Labute approximate surface area is 191 Å². The molecule has 1 fully saturated rings. The molecule has 1 aliphatic rings. The zero-order valence-corrected chi connectivity index (χ0v) is 19.5. The number of benzene rings is 1. The van der Waals surface area contributed by atoms with Crippen LogP contribution >= 0.6 is 11.3 Å². The average molecular weight is 476 g/mol. The van der Waals surface area contributed by atoms with Crippen molar-refractivity contribution in [3.63, 3.8) is 0 Å². The SMILES string of the molecule is Cc1noc(C)c1COc1cccc(C(=O)N2CCC(NS(=O)(=O)c3cccs3)CC2)c1. The lowest BCUT2D eigenvalue weighted by Gasteiger charge is -2.32. The van der Waals surface area contributed by atoms with E-state index in [1.165, 1.54) is 11.3 Å². The fraction of sp³-hybridized carbons (Fsp3) is 0.364.